The lowest BCUT2D eigenvalue weighted by molar-refractivity contribution is 0.163. The monoisotopic (exact) mass is 769 g/mol. The Labute approximate surface area is 345 Å². The van der Waals surface area contributed by atoms with E-state index in [4.69, 9.17) is 23.9 Å². The molecule has 0 fully saturated rings. The SMILES string of the molecule is COc1ccc(C2(c3ccc(-c4cc(-c5ccccc5)cc(-c5ccccc5)n4)cc3)C=Cc3c4c(c5cc(OC)c(OC)cc5c3O2)-c2ccccc2C4(C)C)cc1. The third-order valence-corrected chi connectivity index (χ3v) is 12.2. The highest BCUT2D eigenvalue weighted by Gasteiger charge is 2.44. The number of benzene rings is 7. The predicted molar refractivity (Wildman–Crippen MR) is 239 cm³/mol. The van der Waals surface area contributed by atoms with E-state index in [9.17, 15) is 0 Å². The van der Waals surface area contributed by atoms with Crippen molar-refractivity contribution in [3.63, 3.8) is 0 Å². The lowest BCUT2D eigenvalue weighted by Gasteiger charge is -2.38. The molecule has 1 unspecified atom stereocenters. The molecular formula is C54H43NO4. The van der Waals surface area contributed by atoms with E-state index in [0.29, 0.717) is 11.5 Å². The lowest BCUT2D eigenvalue weighted by atomic mass is 9.76. The number of pyridine rings is 1. The van der Waals surface area contributed by atoms with Crippen LogP contribution in [0.5, 0.6) is 23.0 Å². The summed E-state index contributed by atoms with van der Waals surface area (Å²) >= 11 is 0. The van der Waals surface area contributed by atoms with Gasteiger partial charge in [0, 0.05) is 38.6 Å². The van der Waals surface area contributed by atoms with Crippen molar-refractivity contribution >= 4 is 16.8 Å². The molecule has 7 aromatic carbocycles. The van der Waals surface area contributed by atoms with E-state index < -0.39 is 5.60 Å². The summed E-state index contributed by atoms with van der Waals surface area (Å²) in [7, 11) is 5.06. The Morgan fingerprint density at radius 3 is 1.71 bits per heavy atom. The molecule has 0 radical (unpaired) electrons. The van der Waals surface area contributed by atoms with Gasteiger partial charge < -0.3 is 18.9 Å². The molecule has 1 atom stereocenters. The van der Waals surface area contributed by atoms with Crippen molar-refractivity contribution in [2.45, 2.75) is 24.9 Å². The largest absolute Gasteiger partial charge is 0.497 e. The summed E-state index contributed by atoms with van der Waals surface area (Å²) < 4.78 is 25.1. The van der Waals surface area contributed by atoms with Crippen LogP contribution in [0.1, 0.15) is 41.7 Å². The van der Waals surface area contributed by atoms with Crippen molar-refractivity contribution in [3.8, 4) is 67.8 Å². The maximum absolute atomic E-state index is 7.63. The Morgan fingerprint density at radius 2 is 1.08 bits per heavy atom. The zero-order valence-electron chi connectivity index (χ0n) is 33.7. The van der Waals surface area contributed by atoms with Crippen molar-refractivity contribution in [2.24, 2.45) is 0 Å². The molecule has 288 valence electrons. The van der Waals surface area contributed by atoms with Gasteiger partial charge in [0.2, 0.25) is 0 Å². The number of fused-ring (bicyclic) bond motifs is 8. The number of ether oxygens (including phenoxy) is 4. The first-order chi connectivity index (χ1) is 28.8. The second-order valence-electron chi connectivity index (χ2n) is 15.8. The van der Waals surface area contributed by atoms with Gasteiger partial charge in [-0.15, -0.1) is 0 Å². The second-order valence-corrected chi connectivity index (χ2v) is 15.8. The molecule has 0 bridgehead atoms. The highest BCUT2D eigenvalue weighted by atomic mass is 16.5. The average molecular weight is 770 g/mol. The van der Waals surface area contributed by atoms with E-state index >= 15 is 0 Å². The van der Waals surface area contributed by atoms with Gasteiger partial charge in [-0.1, -0.05) is 141 Å². The van der Waals surface area contributed by atoms with E-state index in [2.05, 4.69) is 159 Å². The third kappa shape index (κ3) is 5.79. The van der Waals surface area contributed by atoms with Crippen LogP contribution in [0.15, 0.2) is 164 Å². The quantitative estimate of drug-likeness (QED) is 0.154. The van der Waals surface area contributed by atoms with E-state index in [0.717, 1.165) is 72.6 Å². The minimum Gasteiger partial charge on any atom is -0.497 e. The Morgan fingerprint density at radius 1 is 0.525 bits per heavy atom. The normalized spacial score (nSPS) is 15.8. The fourth-order valence-electron chi connectivity index (χ4n) is 9.21. The van der Waals surface area contributed by atoms with Crippen molar-refractivity contribution < 1.29 is 18.9 Å². The smallest absolute Gasteiger partial charge is 0.178 e. The van der Waals surface area contributed by atoms with Gasteiger partial charge >= 0.3 is 0 Å². The van der Waals surface area contributed by atoms with Crippen LogP contribution in [0.4, 0.5) is 0 Å². The van der Waals surface area contributed by atoms with Gasteiger partial charge in [0.15, 0.2) is 17.1 Å². The molecule has 10 rings (SSSR count). The zero-order chi connectivity index (χ0) is 40.3. The molecule has 0 spiro atoms. The number of nitrogens with zero attached hydrogens (tertiary/aromatic N) is 1. The van der Waals surface area contributed by atoms with Crippen LogP contribution in [0.25, 0.3) is 61.6 Å². The molecule has 1 aromatic heterocycles. The molecule has 5 heteroatoms. The molecule has 0 saturated carbocycles. The lowest BCUT2D eigenvalue weighted by Crippen LogP contribution is -2.35. The van der Waals surface area contributed by atoms with Crippen molar-refractivity contribution in [1.82, 2.24) is 4.98 Å². The highest BCUT2D eigenvalue weighted by molar-refractivity contribution is 6.09. The second kappa shape index (κ2) is 14.1. The fraction of sp³-hybridized carbons (Fsp3) is 0.130. The molecule has 59 heavy (non-hydrogen) atoms. The first kappa shape index (κ1) is 36.2. The Kier molecular flexibility index (Phi) is 8.64. The van der Waals surface area contributed by atoms with Crippen molar-refractivity contribution in [3.05, 3.63) is 192 Å². The Hall–Kier alpha value is -7.11. The molecule has 5 nitrogen and oxygen atoms in total. The summed E-state index contributed by atoms with van der Waals surface area (Å²) in [6, 6.07) is 55.0. The molecule has 2 heterocycles. The third-order valence-electron chi connectivity index (χ3n) is 12.2. The van der Waals surface area contributed by atoms with E-state index in [1.165, 1.54) is 22.3 Å². The molecule has 1 aliphatic carbocycles. The van der Waals surface area contributed by atoms with Crippen LogP contribution in [0.2, 0.25) is 0 Å². The number of hydrogen-bond donors (Lipinski definition) is 0. The van der Waals surface area contributed by atoms with Gasteiger partial charge in [0.25, 0.3) is 0 Å². The van der Waals surface area contributed by atoms with Crippen LogP contribution in [0.3, 0.4) is 0 Å². The molecule has 8 aromatic rings. The Bertz CT molecular complexity index is 2860. The summed E-state index contributed by atoms with van der Waals surface area (Å²) in [5, 5.41) is 2.01. The van der Waals surface area contributed by atoms with Gasteiger partial charge in [0.1, 0.15) is 11.5 Å². The van der Waals surface area contributed by atoms with Crippen LogP contribution in [0, 0.1) is 0 Å². The first-order valence-corrected chi connectivity index (χ1v) is 20.0. The molecule has 0 amide bonds. The zero-order valence-corrected chi connectivity index (χ0v) is 33.7. The number of hydrogen-bond acceptors (Lipinski definition) is 5. The molecule has 0 N–H and O–H groups in total. The fourth-order valence-corrected chi connectivity index (χ4v) is 9.21. The highest BCUT2D eigenvalue weighted by Crippen LogP contribution is 2.59. The summed E-state index contributed by atoms with van der Waals surface area (Å²) in [5.41, 5.74) is 12.8. The minimum atomic E-state index is -0.990. The molecule has 0 saturated heterocycles. The van der Waals surface area contributed by atoms with Gasteiger partial charge in [-0.25, -0.2) is 4.98 Å². The van der Waals surface area contributed by atoms with Crippen LogP contribution in [-0.4, -0.2) is 26.3 Å². The minimum absolute atomic E-state index is 0.285. The summed E-state index contributed by atoms with van der Waals surface area (Å²) in [5.74, 6) is 2.89. The van der Waals surface area contributed by atoms with E-state index in [1.54, 1.807) is 21.3 Å². The van der Waals surface area contributed by atoms with Crippen molar-refractivity contribution in [1.29, 1.82) is 0 Å². The van der Waals surface area contributed by atoms with E-state index in [1.807, 2.05) is 24.3 Å². The summed E-state index contributed by atoms with van der Waals surface area (Å²) in [4.78, 5) is 5.21. The maximum Gasteiger partial charge on any atom is 0.178 e. The summed E-state index contributed by atoms with van der Waals surface area (Å²) in [6.07, 6.45) is 4.50. The van der Waals surface area contributed by atoms with Gasteiger partial charge in [-0.05, 0) is 81.2 Å². The van der Waals surface area contributed by atoms with Crippen molar-refractivity contribution in [2.75, 3.05) is 21.3 Å². The van der Waals surface area contributed by atoms with Gasteiger partial charge in [0.05, 0.1) is 32.7 Å². The topological polar surface area (TPSA) is 49.8 Å². The molecular weight excluding hydrogens is 727 g/mol. The average Bonchev–Trinajstić information content (AvgIpc) is 3.55. The molecule has 2 aliphatic rings. The van der Waals surface area contributed by atoms with Crippen LogP contribution < -0.4 is 18.9 Å². The van der Waals surface area contributed by atoms with E-state index in [-0.39, 0.29) is 5.41 Å². The maximum atomic E-state index is 7.63. The molecule has 1 aliphatic heterocycles. The number of methoxy groups -OCH3 is 3. The van der Waals surface area contributed by atoms with Gasteiger partial charge in [-0.3, -0.25) is 0 Å². The standard InChI is InChI=1S/C54H43NO4/c1-53(2)45-19-13-12-18-41(45)50-43-32-48(57-4)49(58-5)33-44(43)52-42(51(50)53)28-29-54(59-52,39-24-26-40(56-3)27-25-39)38-22-20-36(21-23-38)47-31-37(34-14-8-6-9-15-34)30-46(55-47)35-16-10-7-11-17-35/h6-33H,1-5H3. The van der Waals surface area contributed by atoms with Crippen LogP contribution >= 0.6 is 0 Å². The van der Waals surface area contributed by atoms with Gasteiger partial charge in [-0.2, -0.15) is 0 Å². The van der Waals surface area contributed by atoms with Crippen LogP contribution in [-0.2, 0) is 11.0 Å². The number of rotatable bonds is 8. The summed E-state index contributed by atoms with van der Waals surface area (Å²) in [6.45, 7) is 4.62. The first-order valence-electron chi connectivity index (χ1n) is 20.0. The predicted octanol–water partition coefficient (Wildman–Crippen LogP) is 12.9. The Balaban J connectivity index is 1.17. The number of aromatic nitrogens is 1.